The molecule has 1 amide bonds. The van der Waals surface area contributed by atoms with Gasteiger partial charge in [0.15, 0.2) is 0 Å². The van der Waals surface area contributed by atoms with Gasteiger partial charge in [0.1, 0.15) is 5.82 Å². The van der Waals surface area contributed by atoms with Gasteiger partial charge in [-0.2, -0.15) is 0 Å². The quantitative estimate of drug-likeness (QED) is 0.704. The van der Waals surface area contributed by atoms with Gasteiger partial charge in [-0.3, -0.25) is 9.69 Å². The summed E-state index contributed by atoms with van der Waals surface area (Å²) < 4.78 is 13.0. The molecule has 0 bridgehead atoms. The lowest BCUT2D eigenvalue weighted by Crippen LogP contribution is -2.34. The fraction of sp³-hybridized carbons (Fsp3) is 0.278. The van der Waals surface area contributed by atoms with Crippen molar-refractivity contribution in [3.05, 3.63) is 62.8 Å². The lowest BCUT2D eigenvalue weighted by molar-refractivity contribution is -0.117. The molecule has 3 rings (SSSR count). The Morgan fingerprint density at radius 2 is 1.72 bits per heavy atom. The van der Waals surface area contributed by atoms with Crippen molar-refractivity contribution in [2.45, 2.75) is 25.4 Å². The molecule has 2 aromatic carbocycles. The largest absolute Gasteiger partial charge is 0.322 e. The normalized spacial score (nSPS) is 14.0. The highest BCUT2D eigenvalue weighted by molar-refractivity contribution is 6.42. The van der Waals surface area contributed by atoms with Crippen molar-refractivity contribution in [1.82, 2.24) is 4.90 Å². The van der Waals surface area contributed by atoms with Gasteiger partial charge in [0.25, 0.3) is 0 Å². The summed E-state index contributed by atoms with van der Waals surface area (Å²) in [7, 11) is 0. The number of hydrogen-bond donors (Lipinski definition) is 1. The van der Waals surface area contributed by atoms with Gasteiger partial charge < -0.3 is 5.32 Å². The number of carbonyl (C=O) groups excluding carboxylic acids is 1. The molecular weight excluding hydrogens is 386 g/mol. The van der Waals surface area contributed by atoms with E-state index in [1.54, 1.807) is 12.1 Å². The van der Waals surface area contributed by atoms with Crippen molar-refractivity contribution in [3.8, 4) is 0 Å². The zero-order chi connectivity index (χ0) is 18.0. The van der Waals surface area contributed by atoms with Gasteiger partial charge in [-0.25, -0.2) is 4.39 Å². The lowest BCUT2D eigenvalue weighted by Gasteiger charge is -2.22. The van der Waals surface area contributed by atoms with Crippen LogP contribution in [-0.4, -0.2) is 23.4 Å². The van der Waals surface area contributed by atoms with Gasteiger partial charge in [0.05, 0.1) is 22.3 Å². The van der Waals surface area contributed by atoms with Crippen LogP contribution in [0.2, 0.25) is 15.1 Å². The van der Waals surface area contributed by atoms with Crippen LogP contribution in [0.4, 0.5) is 10.1 Å². The van der Waals surface area contributed by atoms with Gasteiger partial charge in [-0.05, 0) is 42.7 Å². The fourth-order valence-corrected chi connectivity index (χ4v) is 3.51. The molecule has 2 aromatic rings. The second kappa shape index (κ2) is 7.92. The number of halogens is 4. The summed E-state index contributed by atoms with van der Waals surface area (Å²) in [5.41, 5.74) is 1.32. The molecule has 0 unspecified atom stereocenters. The van der Waals surface area contributed by atoms with Crippen LogP contribution in [0.5, 0.6) is 0 Å². The molecular formula is C18H16Cl3FN2O. The van der Waals surface area contributed by atoms with Crippen LogP contribution in [-0.2, 0) is 11.3 Å². The molecule has 1 aliphatic rings. The summed E-state index contributed by atoms with van der Waals surface area (Å²) in [6, 6.07) is 9.74. The maximum atomic E-state index is 13.0. The first-order valence-corrected chi connectivity index (χ1v) is 8.98. The summed E-state index contributed by atoms with van der Waals surface area (Å²) >= 11 is 18.1. The first-order valence-electron chi connectivity index (χ1n) is 7.85. The molecule has 0 atom stereocenters. The zero-order valence-electron chi connectivity index (χ0n) is 13.2. The molecule has 1 fully saturated rings. The van der Waals surface area contributed by atoms with Crippen molar-refractivity contribution in [1.29, 1.82) is 0 Å². The number of nitrogens with zero attached hydrogens (tertiary/aromatic N) is 1. The highest BCUT2D eigenvalue weighted by atomic mass is 35.5. The van der Waals surface area contributed by atoms with E-state index in [0.717, 1.165) is 18.4 Å². The number of nitrogens with one attached hydrogen (secondary N) is 1. The van der Waals surface area contributed by atoms with Crippen LogP contribution in [0.25, 0.3) is 0 Å². The van der Waals surface area contributed by atoms with Crippen LogP contribution >= 0.6 is 34.8 Å². The Balaban J connectivity index is 1.66. The van der Waals surface area contributed by atoms with E-state index < -0.39 is 0 Å². The number of benzene rings is 2. The molecule has 0 heterocycles. The summed E-state index contributed by atoms with van der Waals surface area (Å²) in [5, 5.41) is 3.74. The van der Waals surface area contributed by atoms with E-state index in [9.17, 15) is 9.18 Å². The average molecular weight is 402 g/mol. The van der Waals surface area contributed by atoms with Crippen LogP contribution in [0.1, 0.15) is 18.4 Å². The Kier molecular flexibility index (Phi) is 5.85. The topological polar surface area (TPSA) is 32.3 Å². The molecule has 0 radical (unpaired) electrons. The first kappa shape index (κ1) is 18.5. The summed E-state index contributed by atoms with van der Waals surface area (Å²) in [6.07, 6.45) is 2.11. The minimum Gasteiger partial charge on any atom is -0.322 e. The van der Waals surface area contributed by atoms with E-state index >= 15 is 0 Å². The highest BCUT2D eigenvalue weighted by Gasteiger charge is 2.30. The summed E-state index contributed by atoms with van der Waals surface area (Å²) in [4.78, 5) is 14.5. The molecule has 0 aromatic heterocycles. The average Bonchev–Trinajstić information content (AvgIpc) is 3.37. The van der Waals surface area contributed by atoms with Crippen molar-refractivity contribution in [2.75, 3.05) is 11.9 Å². The molecule has 1 aliphatic carbocycles. The minimum absolute atomic E-state index is 0.206. The molecule has 132 valence electrons. The van der Waals surface area contributed by atoms with Gasteiger partial charge >= 0.3 is 0 Å². The zero-order valence-corrected chi connectivity index (χ0v) is 15.5. The van der Waals surface area contributed by atoms with Crippen LogP contribution < -0.4 is 5.32 Å². The number of anilines is 1. The van der Waals surface area contributed by atoms with E-state index in [-0.39, 0.29) is 18.3 Å². The fourth-order valence-electron chi connectivity index (χ4n) is 2.60. The van der Waals surface area contributed by atoms with E-state index in [0.29, 0.717) is 33.3 Å². The maximum absolute atomic E-state index is 13.0. The van der Waals surface area contributed by atoms with E-state index in [2.05, 4.69) is 10.2 Å². The van der Waals surface area contributed by atoms with Crippen LogP contribution in [0.3, 0.4) is 0 Å². The summed E-state index contributed by atoms with van der Waals surface area (Å²) in [6.45, 7) is 0.789. The van der Waals surface area contributed by atoms with Crippen molar-refractivity contribution >= 4 is 46.4 Å². The third kappa shape index (κ3) is 5.08. The van der Waals surface area contributed by atoms with Crippen LogP contribution in [0.15, 0.2) is 36.4 Å². The standard InChI is InChI=1S/C18H16Cl3FN2O/c19-12-7-15(20)18(16(21)8-12)23-17(25)10-24(14-5-6-14)9-11-1-3-13(22)4-2-11/h1-4,7-8,14H,5-6,9-10H2,(H,23,25). The Labute approximate surface area is 160 Å². The monoisotopic (exact) mass is 400 g/mol. The van der Waals surface area contributed by atoms with E-state index in [1.807, 2.05) is 0 Å². The van der Waals surface area contributed by atoms with Gasteiger partial charge in [-0.1, -0.05) is 46.9 Å². The number of amides is 1. The lowest BCUT2D eigenvalue weighted by atomic mass is 10.2. The van der Waals surface area contributed by atoms with Crippen molar-refractivity contribution < 1.29 is 9.18 Å². The smallest absolute Gasteiger partial charge is 0.238 e. The van der Waals surface area contributed by atoms with Crippen LogP contribution in [0, 0.1) is 5.82 Å². The summed E-state index contributed by atoms with van der Waals surface area (Å²) in [5.74, 6) is -0.480. The van der Waals surface area contributed by atoms with Gasteiger partial charge in [0.2, 0.25) is 5.91 Å². The number of carbonyl (C=O) groups is 1. The second-order valence-electron chi connectivity index (χ2n) is 6.06. The molecule has 3 nitrogen and oxygen atoms in total. The predicted molar refractivity (Wildman–Crippen MR) is 99.9 cm³/mol. The predicted octanol–water partition coefficient (Wildman–Crippen LogP) is 5.39. The van der Waals surface area contributed by atoms with Crippen molar-refractivity contribution in [2.24, 2.45) is 0 Å². The highest BCUT2D eigenvalue weighted by Crippen LogP contribution is 2.34. The molecule has 7 heteroatoms. The third-order valence-corrected chi connectivity index (χ3v) is 4.79. The SMILES string of the molecule is O=C(CN(Cc1ccc(F)cc1)C1CC1)Nc1c(Cl)cc(Cl)cc1Cl. The second-order valence-corrected chi connectivity index (χ2v) is 7.31. The molecule has 0 aliphatic heterocycles. The van der Waals surface area contributed by atoms with E-state index in [4.69, 9.17) is 34.8 Å². The Morgan fingerprint density at radius 3 is 2.28 bits per heavy atom. The Morgan fingerprint density at radius 1 is 1.12 bits per heavy atom. The maximum Gasteiger partial charge on any atom is 0.238 e. The third-order valence-electron chi connectivity index (χ3n) is 3.98. The Bertz CT molecular complexity index is 755. The number of hydrogen-bond acceptors (Lipinski definition) is 2. The van der Waals surface area contributed by atoms with Gasteiger partial charge in [0, 0.05) is 17.6 Å². The molecule has 0 spiro atoms. The Hall–Kier alpha value is -1.33. The first-order chi connectivity index (χ1) is 11.9. The molecule has 25 heavy (non-hydrogen) atoms. The molecule has 1 N–H and O–H groups in total. The molecule has 1 saturated carbocycles. The number of rotatable bonds is 6. The minimum atomic E-state index is -0.272. The van der Waals surface area contributed by atoms with Gasteiger partial charge in [-0.15, -0.1) is 0 Å². The molecule has 0 saturated heterocycles. The van der Waals surface area contributed by atoms with Crippen molar-refractivity contribution in [3.63, 3.8) is 0 Å². The van der Waals surface area contributed by atoms with E-state index in [1.165, 1.54) is 24.3 Å².